The molecule has 0 saturated carbocycles. The topological polar surface area (TPSA) is 41.9 Å². The predicted molar refractivity (Wildman–Crippen MR) is 73.4 cm³/mol. The molecule has 4 heteroatoms. The van der Waals surface area contributed by atoms with E-state index >= 15 is 0 Å². The van der Waals surface area contributed by atoms with E-state index in [1.54, 1.807) is 0 Å². The average Bonchev–Trinajstić information content (AvgIpc) is 2.90. The lowest BCUT2D eigenvalue weighted by molar-refractivity contribution is 0.247. The third-order valence-corrected chi connectivity index (χ3v) is 3.65. The first-order valence-corrected chi connectivity index (χ1v) is 6.74. The van der Waals surface area contributed by atoms with Crippen LogP contribution in [0.15, 0.2) is 36.9 Å². The SMILES string of the molecule is Cc1ncc(CN2CCCC2c2cccnc2)cn1. The number of hydrogen-bond donors (Lipinski definition) is 0. The Hall–Kier alpha value is -1.81. The minimum atomic E-state index is 0.481. The van der Waals surface area contributed by atoms with Crippen molar-refractivity contribution in [3.05, 3.63) is 53.9 Å². The lowest BCUT2D eigenvalue weighted by Gasteiger charge is -2.24. The third-order valence-electron chi connectivity index (χ3n) is 3.65. The van der Waals surface area contributed by atoms with Gasteiger partial charge in [-0.3, -0.25) is 9.88 Å². The molecule has 0 spiro atoms. The van der Waals surface area contributed by atoms with Gasteiger partial charge in [-0.05, 0) is 37.9 Å². The fraction of sp³-hybridized carbons (Fsp3) is 0.400. The molecule has 1 unspecified atom stereocenters. The summed E-state index contributed by atoms with van der Waals surface area (Å²) < 4.78 is 0. The largest absolute Gasteiger partial charge is 0.292 e. The van der Waals surface area contributed by atoms with Crippen LogP contribution in [0.5, 0.6) is 0 Å². The van der Waals surface area contributed by atoms with Gasteiger partial charge in [-0.1, -0.05) is 6.07 Å². The van der Waals surface area contributed by atoms with Crippen LogP contribution in [0.25, 0.3) is 0 Å². The van der Waals surface area contributed by atoms with Crippen molar-refractivity contribution in [1.29, 1.82) is 0 Å². The van der Waals surface area contributed by atoms with Gasteiger partial charge in [-0.15, -0.1) is 0 Å². The summed E-state index contributed by atoms with van der Waals surface area (Å²) in [6.07, 6.45) is 10.1. The number of rotatable bonds is 3. The maximum atomic E-state index is 4.27. The summed E-state index contributed by atoms with van der Waals surface area (Å²) in [5.41, 5.74) is 2.49. The van der Waals surface area contributed by atoms with Gasteiger partial charge in [0, 0.05) is 42.9 Å². The molecule has 1 saturated heterocycles. The van der Waals surface area contributed by atoms with Crippen LogP contribution in [-0.4, -0.2) is 26.4 Å². The Morgan fingerprint density at radius 2 is 2.11 bits per heavy atom. The molecule has 1 aliphatic heterocycles. The van der Waals surface area contributed by atoms with Gasteiger partial charge in [-0.25, -0.2) is 9.97 Å². The fourth-order valence-electron chi connectivity index (χ4n) is 2.70. The third kappa shape index (κ3) is 2.79. The number of likely N-dealkylation sites (tertiary alicyclic amines) is 1. The monoisotopic (exact) mass is 254 g/mol. The first-order chi connectivity index (χ1) is 9.33. The van der Waals surface area contributed by atoms with Crippen LogP contribution in [0.1, 0.15) is 35.8 Å². The van der Waals surface area contributed by atoms with Crippen molar-refractivity contribution in [2.24, 2.45) is 0 Å². The van der Waals surface area contributed by atoms with Crippen LogP contribution >= 0.6 is 0 Å². The second kappa shape index (κ2) is 5.45. The summed E-state index contributed by atoms with van der Waals surface area (Å²) in [6.45, 7) is 3.96. The van der Waals surface area contributed by atoms with E-state index in [1.165, 1.54) is 24.0 Å². The van der Waals surface area contributed by atoms with Crippen LogP contribution < -0.4 is 0 Å². The van der Waals surface area contributed by atoms with Gasteiger partial charge in [0.1, 0.15) is 5.82 Å². The molecule has 1 aliphatic rings. The molecule has 0 bridgehead atoms. The lowest BCUT2D eigenvalue weighted by atomic mass is 10.1. The van der Waals surface area contributed by atoms with Crippen LogP contribution in [-0.2, 0) is 6.54 Å². The molecule has 0 aromatic carbocycles. The van der Waals surface area contributed by atoms with Crippen molar-refractivity contribution < 1.29 is 0 Å². The molecule has 19 heavy (non-hydrogen) atoms. The smallest absolute Gasteiger partial charge is 0.125 e. The van der Waals surface area contributed by atoms with Crippen LogP contribution in [0.2, 0.25) is 0 Å². The zero-order chi connectivity index (χ0) is 13.1. The van der Waals surface area contributed by atoms with Gasteiger partial charge >= 0.3 is 0 Å². The molecule has 0 aliphatic carbocycles. The number of aryl methyl sites for hydroxylation is 1. The first-order valence-electron chi connectivity index (χ1n) is 6.74. The zero-order valence-electron chi connectivity index (χ0n) is 11.2. The highest BCUT2D eigenvalue weighted by Crippen LogP contribution is 2.32. The molecule has 1 atom stereocenters. The van der Waals surface area contributed by atoms with Crippen LogP contribution in [0, 0.1) is 6.92 Å². The maximum absolute atomic E-state index is 4.27. The normalized spacial score (nSPS) is 19.7. The van der Waals surface area contributed by atoms with E-state index in [9.17, 15) is 0 Å². The predicted octanol–water partition coefficient (Wildman–Crippen LogP) is 2.52. The van der Waals surface area contributed by atoms with E-state index < -0.39 is 0 Å². The Bertz CT molecular complexity index is 524. The molecule has 2 aromatic heterocycles. The molecule has 0 amide bonds. The summed E-state index contributed by atoms with van der Waals surface area (Å²) in [6, 6.07) is 4.66. The summed E-state index contributed by atoms with van der Waals surface area (Å²) in [5, 5.41) is 0. The highest BCUT2D eigenvalue weighted by Gasteiger charge is 2.26. The van der Waals surface area contributed by atoms with Crippen LogP contribution in [0.3, 0.4) is 0 Å². The standard InChI is InChI=1S/C15H18N4/c1-12-17-8-13(9-18-12)11-19-7-3-5-15(19)14-4-2-6-16-10-14/h2,4,6,8-10,15H,3,5,7,11H2,1H3. The second-order valence-electron chi connectivity index (χ2n) is 5.05. The molecule has 2 aromatic rings. The molecule has 4 nitrogen and oxygen atoms in total. The molecule has 1 fully saturated rings. The van der Waals surface area contributed by atoms with Gasteiger partial charge in [0.15, 0.2) is 0 Å². The molecule has 0 N–H and O–H groups in total. The van der Waals surface area contributed by atoms with E-state index in [2.05, 4.69) is 25.9 Å². The van der Waals surface area contributed by atoms with Gasteiger partial charge in [0.25, 0.3) is 0 Å². The fourth-order valence-corrected chi connectivity index (χ4v) is 2.70. The second-order valence-corrected chi connectivity index (χ2v) is 5.05. The minimum absolute atomic E-state index is 0.481. The highest BCUT2D eigenvalue weighted by molar-refractivity contribution is 5.16. The lowest BCUT2D eigenvalue weighted by Crippen LogP contribution is -2.23. The number of aromatic nitrogens is 3. The molecular weight excluding hydrogens is 236 g/mol. The van der Waals surface area contributed by atoms with Crippen molar-refractivity contribution in [3.8, 4) is 0 Å². The van der Waals surface area contributed by atoms with Crippen LogP contribution in [0.4, 0.5) is 0 Å². The van der Waals surface area contributed by atoms with E-state index in [-0.39, 0.29) is 0 Å². The summed E-state index contributed by atoms with van der Waals surface area (Å²) >= 11 is 0. The Morgan fingerprint density at radius 1 is 1.26 bits per heavy atom. The number of pyridine rings is 1. The molecule has 0 radical (unpaired) electrons. The van der Waals surface area contributed by atoms with E-state index in [0.29, 0.717) is 6.04 Å². The van der Waals surface area contributed by atoms with Crippen molar-refractivity contribution >= 4 is 0 Å². The average molecular weight is 254 g/mol. The van der Waals surface area contributed by atoms with Gasteiger partial charge in [-0.2, -0.15) is 0 Å². The van der Waals surface area contributed by atoms with E-state index in [0.717, 1.165) is 18.9 Å². The Labute approximate surface area is 113 Å². The number of nitrogens with zero attached hydrogens (tertiary/aromatic N) is 4. The minimum Gasteiger partial charge on any atom is -0.292 e. The zero-order valence-corrected chi connectivity index (χ0v) is 11.2. The summed E-state index contributed by atoms with van der Waals surface area (Å²) in [5.74, 6) is 0.828. The Kier molecular flexibility index (Phi) is 3.51. The maximum Gasteiger partial charge on any atom is 0.125 e. The van der Waals surface area contributed by atoms with Crippen molar-refractivity contribution in [3.63, 3.8) is 0 Å². The Balaban J connectivity index is 1.75. The van der Waals surface area contributed by atoms with Gasteiger partial charge in [0.2, 0.25) is 0 Å². The summed E-state index contributed by atoms with van der Waals surface area (Å²) in [7, 11) is 0. The molecule has 3 heterocycles. The van der Waals surface area contributed by atoms with E-state index in [1.807, 2.05) is 37.8 Å². The van der Waals surface area contributed by atoms with Crippen molar-refractivity contribution in [1.82, 2.24) is 19.9 Å². The van der Waals surface area contributed by atoms with Gasteiger partial charge in [0.05, 0.1) is 0 Å². The van der Waals surface area contributed by atoms with E-state index in [4.69, 9.17) is 0 Å². The van der Waals surface area contributed by atoms with Crippen molar-refractivity contribution in [2.45, 2.75) is 32.4 Å². The molecule has 98 valence electrons. The Morgan fingerprint density at radius 3 is 2.84 bits per heavy atom. The molecule has 3 rings (SSSR count). The number of hydrogen-bond acceptors (Lipinski definition) is 4. The van der Waals surface area contributed by atoms with Crippen molar-refractivity contribution in [2.75, 3.05) is 6.54 Å². The molecular formula is C15H18N4. The van der Waals surface area contributed by atoms with Gasteiger partial charge < -0.3 is 0 Å². The highest BCUT2D eigenvalue weighted by atomic mass is 15.2. The summed E-state index contributed by atoms with van der Waals surface area (Å²) in [4.78, 5) is 15.3. The first kappa shape index (κ1) is 12.2. The quantitative estimate of drug-likeness (QED) is 0.844.